The van der Waals surface area contributed by atoms with Gasteiger partial charge in [-0.3, -0.25) is 9.89 Å². The maximum atomic E-state index is 11.7. The number of carbonyl (C=O) groups excluding carboxylic acids is 1. The summed E-state index contributed by atoms with van der Waals surface area (Å²) in [6, 6.07) is 8.46. The molecule has 0 aliphatic carbocycles. The lowest BCUT2D eigenvalue weighted by Crippen LogP contribution is -2.29. The van der Waals surface area contributed by atoms with Crippen LogP contribution in [0.15, 0.2) is 24.3 Å². The Kier molecular flexibility index (Phi) is 3.72. The summed E-state index contributed by atoms with van der Waals surface area (Å²) in [7, 11) is 0. The number of H-pyrrole nitrogens is 1. The van der Waals surface area contributed by atoms with Crippen LogP contribution in [0.5, 0.6) is 0 Å². The van der Waals surface area contributed by atoms with Gasteiger partial charge in [0, 0.05) is 25.3 Å². The second-order valence-electron chi connectivity index (χ2n) is 5.02. The van der Waals surface area contributed by atoms with E-state index in [0.717, 1.165) is 25.9 Å². The standard InChI is InChI=1S/C14H18N6O/c15-14-17-12(18-19-14)13(21)16-7-3-8-20-9-6-10-4-1-2-5-11(10)20/h1-2,4-5H,3,6-9H2,(H,16,21)(H3,15,17,18,19). The van der Waals surface area contributed by atoms with E-state index >= 15 is 0 Å². The fourth-order valence-corrected chi connectivity index (χ4v) is 2.57. The highest BCUT2D eigenvalue weighted by Gasteiger charge is 2.17. The van der Waals surface area contributed by atoms with E-state index in [9.17, 15) is 4.79 Å². The lowest BCUT2D eigenvalue weighted by Gasteiger charge is -2.19. The van der Waals surface area contributed by atoms with Gasteiger partial charge in [0.2, 0.25) is 11.8 Å². The lowest BCUT2D eigenvalue weighted by atomic mass is 10.2. The van der Waals surface area contributed by atoms with Crippen molar-refractivity contribution in [1.29, 1.82) is 0 Å². The van der Waals surface area contributed by atoms with Crippen LogP contribution in [0.2, 0.25) is 0 Å². The minimum atomic E-state index is -0.277. The average molecular weight is 286 g/mol. The summed E-state index contributed by atoms with van der Waals surface area (Å²) >= 11 is 0. The Labute approximate surface area is 122 Å². The summed E-state index contributed by atoms with van der Waals surface area (Å²) in [4.78, 5) is 17.9. The van der Waals surface area contributed by atoms with Crippen molar-refractivity contribution in [3.63, 3.8) is 0 Å². The summed E-state index contributed by atoms with van der Waals surface area (Å²) in [5, 5.41) is 8.92. The molecule has 7 nitrogen and oxygen atoms in total. The third-order valence-electron chi connectivity index (χ3n) is 3.59. The van der Waals surface area contributed by atoms with Gasteiger partial charge in [-0.05, 0) is 24.5 Å². The van der Waals surface area contributed by atoms with Crippen molar-refractivity contribution in [2.75, 3.05) is 30.3 Å². The fraction of sp³-hybridized carbons (Fsp3) is 0.357. The molecule has 0 saturated heterocycles. The molecule has 0 unspecified atom stereocenters. The largest absolute Gasteiger partial charge is 0.371 e. The van der Waals surface area contributed by atoms with Crippen LogP contribution in [0.4, 0.5) is 11.6 Å². The van der Waals surface area contributed by atoms with Crippen molar-refractivity contribution in [3.8, 4) is 0 Å². The Morgan fingerprint density at radius 3 is 3.10 bits per heavy atom. The minimum absolute atomic E-state index is 0.0776. The van der Waals surface area contributed by atoms with Gasteiger partial charge in [-0.2, -0.15) is 4.98 Å². The number of nitrogen functional groups attached to an aromatic ring is 1. The Morgan fingerprint density at radius 1 is 1.43 bits per heavy atom. The maximum Gasteiger partial charge on any atom is 0.288 e. The van der Waals surface area contributed by atoms with E-state index in [2.05, 4.69) is 49.7 Å². The van der Waals surface area contributed by atoms with Crippen LogP contribution in [0.25, 0.3) is 0 Å². The first-order valence-electron chi connectivity index (χ1n) is 7.03. The van der Waals surface area contributed by atoms with Crippen molar-refractivity contribution in [1.82, 2.24) is 20.5 Å². The van der Waals surface area contributed by atoms with E-state index in [0.29, 0.717) is 6.54 Å². The summed E-state index contributed by atoms with van der Waals surface area (Å²) in [6.07, 6.45) is 1.98. The van der Waals surface area contributed by atoms with Crippen LogP contribution in [-0.4, -0.2) is 40.7 Å². The molecular weight excluding hydrogens is 268 g/mol. The molecular formula is C14H18N6O. The van der Waals surface area contributed by atoms with E-state index in [1.807, 2.05) is 0 Å². The molecule has 3 rings (SSSR count). The van der Waals surface area contributed by atoms with Crippen molar-refractivity contribution in [3.05, 3.63) is 35.7 Å². The van der Waals surface area contributed by atoms with Crippen molar-refractivity contribution in [2.24, 2.45) is 0 Å². The molecule has 1 aliphatic heterocycles. The van der Waals surface area contributed by atoms with Gasteiger partial charge in [0.05, 0.1) is 0 Å². The Bertz CT molecular complexity index is 638. The van der Waals surface area contributed by atoms with Crippen LogP contribution in [0, 0.1) is 0 Å². The third kappa shape index (κ3) is 2.96. The van der Waals surface area contributed by atoms with Crippen molar-refractivity contribution < 1.29 is 4.79 Å². The highest BCUT2D eigenvalue weighted by atomic mass is 16.2. The lowest BCUT2D eigenvalue weighted by molar-refractivity contribution is 0.0943. The van der Waals surface area contributed by atoms with E-state index in [1.54, 1.807) is 0 Å². The second kappa shape index (κ2) is 5.82. The molecule has 110 valence electrons. The zero-order chi connectivity index (χ0) is 14.7. The van der Waals surface area contributed by atoms with E-state index in [1.165, 1.54) is 11.3 Å². The molecule has 0 atom stereocenters. The smallest absolute Gasteiger partial charge is 0.288 e. The molecule has 1 aromatic heterocycles. The van der Waals surface area contributed by atoms with Gasteiger partial charge >= 0.3 is 0 Å². The van der Waals surface area contributed by atoms with Gasteiger partial charge in [-0.1, -0.05) is 18.2 Å². The number of amides is 1. The first-order valence-corrected chi connectivity index (χ1v) is 7.03. The predicted octanol–water partition coefficient (Wildman–Crippen LogP) is 0.569. The van der Waals surface area contributed by atoms with E-state index in [4.69, 9.17) is 5.73 Å². The zero-order valence-electron chi connectivity index (χ0n) is 11.7. The number of para-hydroxylation sites is 1. The Morgan fingerprint density at radius 2 is 2.29 bits per heavy atom. The van der Waals surface area contributed by atoms with Gasteiger partial charge in [0.1, 0.15) is 0 Å². The Hall–Kier alpha value is -2.57. The summed E-state index contributed by atoms with van der Waals surface area (Å²) < 4.78 is 0. The topological polar surface area (TPSA) is 99.9 Å². The number of aromatic amines is 1. The molecule has 4 N–H and O–H groups in total. The summed E-state index contributed by atoms with van der Waals surface area (Å²) in [6.45, 7) is 2.57. The van der Waals surface area contributed by atoms with Crippen LogP contribution < -0.4 is 16.0 Å². The minimum Gasteiger partial charge on any atom is -0.371 e. The molecule has 21 heavy (non-hydrogen) atoms. The second-order valence-corrected chi connectivity index (χ2v) is 5.02. The van der Waals surface area contributed by atoms with Gasteiger partial charge in [0.25, 0.3) is 5.91 Å². The van der Waals surface area contributed by atoms with Crippen LogP contribution in [-0.2, 0) is 6.42 Å². The normalized spacial score (nSPS) is 13.2. The number of anilines is 2. The average Bonchev–Trinajstić information content (AvgIpc) is 3.10. The van der Waals surface area contributed by atoms with E-state index < -0.39 is 0 Å². The number of hydrogen-bond donors (Lipinski definition) is 3. The van der Waals surface area contributed by atoms with Crippen LogP contribution in [0.3, 0.4) is 0 Å². The molecule has 2 aromatic rings. The first-order chi connectivity index (χ1) is 10.2. The Balaban J connectivity index is 1.44. The SMILES string of the molecule is Nc1n[nH]c(C(=O)NCCCN2CCc3ccccc32)n1. The third-order valence-corrected chi connectivity index (χ3v) is 3.59. The quantitative estimate of drug-likeness (QED) is 0.698. The number of carbonyl (C=O) groups is 1. The highest BCUT2D eigenvalue weighted by Crippen LogP contribution is 2.27. The number of benzene rings is 1. The fourth-order valence-electron chi connectivity index (χ4n) is 2.57. The zero-order valence-corrected chi connectivity index (χ0v) is 11.7. The predicted molar refractivity (Wildman–Crippen MR) is 80.1 cm³/mol. The van der Waals surface area contributed by atoms with Gasteiger partial charge < -0.3 is 16.0 Å². The number of fused-ring (bicyclic) bond motifs is 1. The van der Waals surface area contributed by atoms with Crippen molar-refractivity contribution >= 4 is 17.5 Å². The van der Waals surface area contributed by atoms with Gasteiger partial charge in [-0.25, -0.2) is 0 Å². The number of nitrogens with zero attached hydrogens (tertiary/aromatic N) is 3. The molecule has 1 amide bonds. The number of nitrogens with two attached hydrogens (primary N) is 1. The summed E-state index contributed by atoms with van der Waals surface area (Å²) in [5.74, 6) is -0.0473. The molecule has 0 saturated carbocycles. The highest BCUT2D eigenvalue weighted by molar-refractivity contribution is 5.90. The molecule has 0 spiro atoms. The number of nitrogens with one attached hydrogen (secondary N) is 2. The van der Waals surface area contributed by atoms with Gasteiger partial charge in [0.15, 0.2) is 0 Å². The van der Waals surface area contributed by atoms with E-state index in [-0.39, 0.29) is 17.7 Å². The molecule has 1 aromatic carbocycles. The molecule has 2 heterocycles. The van der Waals surface area contributed by atoms with Crippen LogP contribution in [0.1, 0.15) is 22.6 Å². The van der Waals surface area contributed by atoms with Gasteiger partial charge in [-0.15, -0.1) is 5.10 Å². The molecule has 1 aliphatic rings. The molecule has 7 heteroatoms. The van der Waals surface area contributed by atoms with Crippen molar-refractivity contribution in [2.45, 2.75) is 12.8 Å². The number of rotatable bonds is 5. The molecule has 0 bridgehead atoms. The first kappa shape index (κ1) is 13.4. The monoisotopic (exact) mass is 286 g/mol. The number of hydrogen-bond acceptors (Lipinski definition) is 5. The number of aromatic nitrogens is 3. The molecule has 0 radical (unpaired) electrons. The summed E-state index contributed by atoms with van der Waals surface area (Å²) in [5.41, 5.74) is 8.07. The molecule has 0 fully saturated rings. The maximum absolute atomic E-state index is 11.7. The van der Waals surface area contributed by atoms with Crippen LogP contribution >= 0.6 is 0 Å².